The second kappa shape index (κ2) is 5.56. The average molecular weight is 337 g/mol. The molecule has 5 heteroatoms. The lowest BCUT2D eigenvalue weighted by Crippen LogP contribution is -2.55. The van der Waals surface area contributed by atoms with Crippen LogP contribution >= 0.6 is 15.9 Å². The van der Waals surface area contributed by atoms with Crippen LogP contribution in [0.1, 0.15) is 29.6 Å². The van der Waals surface area contributed by atoms with Crippen LogP contribution < -0.4 is 5.32 Å². The minimum Gasteiger partial charge on any atom is -0.353 e. The fraction of sp³-hybridized carbons (Fsp3) is 0.467. The maximum Gasteiger partial charge on any atom is 0.253 e. The predicted octanol–water partition coefficient (Wildman–Crippen LogP) is 2.19. The molecule has 2 aliphatic heterocycles. The van der Waals surface area contributed by atoms with Gasteiger partial charge in [-0.05, 0) is 43.0 Å². The van der Waals surface area contributed by atoms with Gasteiger partial charge in [-0.25, -0.2) is 0 Å². The number of nitrogens with one attached hydrogen (secondary N) is 1. The van der Waals surface area contributed by atoms with E-state index in [0.29, 0.717) is 12.3 Å². The van der Waals surface area contributed by atoms with Crippen molar-refractivity contribution in [1.82, 2.24) is 10.2 Å². The summed E-state index contributed by atoms with van der Waals surface area (Å²) in [5.41, 5.74) is 0.728. The van der Waals surface area contributed by atoms with Gasteiger partial charge in [0.25, 0.3) is 5.91 Å². The van der Waals surface area contributed by atoms with Gasteiger partial charge in [-0.15, -0.1) is 0 Å². The van der Waals surface area contributed by atoms with E-state index >= 15 is 0 Å². The number of piperidine rings is 2. The third-order valence-electron chi connectivity index (χ3n) is 4.20. The van der Waals surface area contributed by atoms with E-state index in [4.69, 9.17) is 0 Å². The molecule has 2 amide bonds. The molecule has 0 radical (unpaired) electrons. The van der Waals surface area contributed by atoms with Crippen molar-refractivity contribution in [2.24, 2.45) is 5.92 Å². The van der Waals surface area contributed by atoms with Crippen molar-refractivity contribution in [3.63, 3.8) is 0 Å². The number of carbonyl (C=O) groups excluding carboxylic acids is 2. The molecule has 0 aliphatic carbocycles. The second-order valence-electron chi connectivity index (χ2n) is 5.52. The van der Waals surface area contributed by atoms with Crippen LogP contribution in [-0.2, 0) is 4.79 Å². The topological polar surface area (TPSA) is 49.4 Å². The summed E-state index contributed by atoms with van der Waals surface area (Å²) in [6.45, 7) is 1.47. The Hall–Kier alpha value is -1.36. The Morgan fingerprint density at radius 3 is 2.75 bits per heavy atom. The zero-order valence-corrected chi connectivity index (χ0v) is 12.7. The molecule has 2 saturated heterocycles. The van der Waals surface area contributed by atoms with Gasteiger partial charge in [-0.3, -0.25) is 9.59 Å². The molecule has 20 heavy (non-hydrogen) atoms. The van der Waals surface area contributed by atoms with Gasteiger partial charge in [0.05, 0.1) is 0 Å². The average Bonchev–Trinajstić information content (AvgIpc) is 2.47. The van der Waals surface area contributed by atoms with Crippen LogP contribution in [0.2, 0.25) is 0 Å². The Kier molecular flexibility index (Phi) is 3.78. The molecular formula is C15H17BrN2O2. The molecule has 0 saturated carbocycles. The first-order valence-electron chi connectivity index (χ1n) is 6.97. The van der Waals surface area contributed by atoms with Crippen molar-refractivity contribution in [2.45, 2.75) is 25.3 Å². The number of amides is 2. The molecule has 4 nitrogen and oxygen atoms in total. The number of hydrogen-bond acceptors (Lipinski definition) is 2. The molecule has 0 spiro atoms. The van der Waals surface area contributed by atoms with Crippen molar-refractivity contribution in [1.29, 1.82) is 0 Å². The van der Waals surface area contributed by atoms with Crippen molar-refractivity contribution in [3.05, 3.63) is 34.3 Å². The third kappa shape index (κ3) is 2.73. The molecular weight excluding hydrogens is 320 g/mol. The minimum atomic E-state index is 0.0906. The van der Waals surface area contributed by atoms with Gasteiger partial charge in [0, 0.05) is 35.6 Å². The van der Waals surface area contributed by atoms with Gasteiger partial charge in [0.2, 0.25) is 5.91 Å². The van der Waals surface area contributed by atoms with Crippen molar-refractivity contribution >= 4 is 27.7 Å². The van der Waals surface area contributed by atoms with Crippen molar-refractivity contribution in [2.75, 3.05) is 13.1 Å². The highest BCUT2D eigenvalue weighted by atomic mass is 79.9. The van der Waals surface area contributed by atoms with Gasteiger partial charge in [0.15, 0.2) is 0 Å². The van der Waals surface area contributed by atoms with Gasteiger partial charge < -0.3 is 10.2 Å². The Morgan fingerprint density at radius 2 is 2.00 bits per heavy atom. The fourth-order valence-electron chi connectivity index (χ4n) is 3.07. The summed E-state index contributed by atoms with van der Waals surface area (Å²) in [4.78, 5) is 25.8. The SMILES string of the molecule is O=C1CCC2CN(C(=O)c3ccc(Br)cc3)CCC2N1. The summed E-state index contributed by atoms with van der Waals surface area (Å²) in [7, 11) is 0. The molecule has 0 bridgehead atoms. The number of nitrogens with zero attached hydrogens (tertiary/aromatic N) is 1. The lowest BCUT2D eigenvalue weighted by Gasteiger charge is -2.41. The van der Waals surface area contributed by atoms with Gasteiger partial charge in [0.1, 0.15) is 0 Å². The highest BCUT2D eigenvalue weighted by Gasteiger charge is 2.35. The van der Waals surface area contributed by atoms with Gasteiger partial charge in [-0.2, -0.15) is 0 Å². The monoisotopic (exact) mass is 336 g/mol. The van der Waals surface area contributed by atoms with Crippen LogP contribution in [0, 0.1) is 5.92 Å². The van der Waals surface area contributed by atoms with Gasteiger partial charge in [-0.1, -0.05) is 15.9 Å². The fourth-order valence-corrected chi connectivity index (χ4v) is 3.33. The van der Waals surface area contributed by atoms with Gasteiger partial charge >= 0.3 is 0 Å². The number of likely N-dealkylation sites (tertiary alicyclic amines) is 1. The Morgan fingerprint density at radius 1 is 1.25 bits per heavy atom. The van der Waals surface area contributed by atoms with Crippen molar-refractivity contribution in [3.8, 4) is 0 Å². The van der Waals surface area contributed by atoms with E-state index in [9.17, 15) is 9.59 Å². The Balaban J connectivity index is 1.68. The molecule has 2 atom stereocenters. The third-order valence-corrected chi connectivity index (χ3v) is 4.73. The zero-order chi connectivity index (χ0) is 14.1. The summed E-state index contributed by atoms with van der Waals surface area (Å²) < 4.78 is 0.975. The smallest absolute Gasteiger partial charge is 0.253 e. The summed E-state index contributed by atoms with van der Waals surface area (Å²) in [5.74, 6) is 0.646. The summed E-state index contributed by atoms with van der Waals surface area (Å²) in [6, 6.07) is 7.73. The van der Waals surface area contributed by atoms with E-state index in [1.807, 2.05) is 29.2 Å². The molecule has 2 unspecified atom stereocenters. The first kappa shape index (κ1) is 13.6. The Bertz CT molecular complexity index is 529. The molecule has 2 heterocycles. The molecule has 3 rings (SSSR count). The molecule has 2 aliphatic rings. The Labute approximate surface area is 126 Å². The number of benzene rings is 1. The second-order valence-corrected chi connectivity index (χ2v) is 6.44. The van der Waals surface area contributed by atoms with E-state index in [1.54, 1.807) is 0 Å². The summed E-state index contributed by atoms with van der Waals surface area (Å²) in [5, 5.41) is 3.04. The molecule has 1 aromatic carbocycles. The van der Waals surface area contributed by atoms with Crippen LogP contribution in [0.25, 0.3) is 0 Å². The van der Waals surface area contributed by atoms with Crippen LogP contribution in [0.5, 0.6) is 0 Å². The van der Waals surface area contributed by atoms with Crippen LogP contribution in [-0.4, -0.2) is 35.8 Å². The number of fused-ring (bicyclic) bond motifs is 1. The van der Waals surface area contributed by atoms with E-state index in [1.165, 1.54) is 0 Å². The molecule has 1 N–H and O–H groups in total. The van der Waals surface area contributed by atoms with Crippen molar-refractivity contribution < 1.29 is 9.59 Å². The lowest BCUT2D eigenvalue weighted by atomic mass is 9.85. The number of halogens is 1. The number of rotatable bonds is 1. The highest BCUT2D eigenvalue weighted by Crippen LogP contribution is 2.26. The van der Waals surface area contributed by atoms with Crippen LogP contribution in [0.4, 0.5) is 0 Å². The maximum atomic E-state index is 12.5. The zero-order valence-electron chi connectivity index (χ0n) is 11.1. The largest absolute Gasteiger partial charge is 0.353 e. The number of carbonyl (C=O) groups is 2. The van der Waals surface area contributed by atoms with E-state index in [0.717, 1.165) is 36.0 Å². The molecule has 1 aromatic rings. The highest BCUT2D eigenvalue weighted by molar-refractivity contribution is 9.10. The first-order valence-corrected chi connectivity index (χ1v) is 7.77. The summed E-state index contributed by atoms with van der Waals surface area (Å²) >= 11 is 3.38. The summed E-state index contributed by atoms with van der Waals surface area (Å²) in [6.07, 6.45) is 2.33. The maximum absolute atomic E-state index is 12.5. The molecule has 2 fully saturated rings. The standard InChI is InChI=1S/C15H17BrN2O2/c16-12-4-1-10(2-5-12)15(20)18-8-7-13-11(9-18)3-6-14(19)17-13/h1-2,4-5,11,13H,3,6-9H2,(H,17,19). The number of hydrogen-bond donors (Lipinski definition) is 1. The first-order chi connectivity index (χ1) is 9.63. The minimum absolute atomic E-state index is 0.0906. The predicted molar refractivity (Wildman–Crippen MR) is 79.3 cm³/mol. The van der Waals surface area contributed by atoms with Crippen LogP contribution in [0.3, 0.4) is 0 Å². The quantitative estimate of drug-likeness (QED) is 0.854. The van der Waals surface area contributed by atoms with Crippen LogP contribution in [0.15, 0.2) is 28.7 Å². The molecule has 0 aromatic heterocycles. The molecule has 106 valence electrons. The van der Waals surface area contributed by atoms with E-state index in [2.05, 4.69) is 21.2 Å². The van der Waals surface area contributed by atoms with E-state index < -0.39 is 0 Å². The lowest BCUT2D eigenvalue weighted by molar-refractivity contribution is -0.125. The van der Waals surface area contributed by atoms with E-state index in [-0.39, 0.29) is 17.9 Å². The normalized spacial score (nSPS) is 25.9.